The van der Waals surface area contributed by atoms with Crippen molar-refractivity contribution in [1.82, 2.24) is 4.90 Å². The molecule has 0 saturated carbocycles. The van der Waals surface area contributed by atoms with Gasteiger partial charge in [0.25, 0.3) is 11.8 Å². The number of carbonyl (C=O) groups excluding carboxylic acids is 3. The standard InChI is InChI=1S/C19H15F3N2O4/c1-28-15-9-5-4-8-14(15)24(11-19(20,21)22)16(25)10-23-17(26)12-6-2-3-7-13(12)18(23)27/h2-9H,10-11H2,1H3. The first kappa shape index (κ1) is 19.4. The largest absolute Gasteiger partial charge is 0.495 e. The summed E-state index contributed by atoms with van der Waals surface area (Å²) in [7, 11) is 1.26. The van der Waals surface area contributed by atoms with E-state index in [0.29, 0.717) is 9.80 Å². The lowest BCUT2D eigenvalue weighted by molar-refractivity contribution is -0.132. The summed E-state index contributed by atoms with van der Waals surface area (Å²) in [5.74, 6) is -2.44. The van der Waals surface area contributed by atoms with Crippen LogP contribution in [0.2, 0.25) is 0 Å². The minimum Gasteiger partial charge on any atom is -0.495 e. The molecule has 28 heavy (non-hydrogen) atoms. The molecule has 0 aromatic heterocycles. The van der Waals surface area contributed by atoms with Crippen LogP contribution in [0.15, 0.2) is 48.5 Å². The van der Waals surface area contributed by atoms with E-state index in [1.54, 1.807) is 18.2 Å². The third-order valence-electron chi connectivity index (χ3n) is 4.19. The van der Waals surface area contributed by atoms with E-state index >= 15 is 0 Å². The monoisotopic (exact) mass is 392 g/mol. The quantitative estimate of drug-likeness (QED) is 0.734. The van der Waals surface area contributed by atoms with Crippen molar-refractivity contribution in [2.75, 3.05) is 25.1 Å². The number of anilines is 1. The first-order valence-corrected chi connectivity index (χ1v) is 8.18. The van der Waals surface area contributed by atoms with E-state index < -0.39 is 37.0 Å². The van der Waals surface area contributed by atoms with Gasteiger partial charge in [-0.15, -0.1) is 0 Å². The molecule has 1 heterocycles. The van der Waals surface area contributed by atoms with Gasteiger partial charge in [-0.05, 0) is 24.3 Å². The lowest BCUT2D eigenvalue weighted by atomic mass is 10.1. The highest BCUT2D eigenvalue weighted by Gasteiger charge is 2.40. The molecule has 3 rings (SSSR count). The molecule has 9 heteroatoms. The summed E-state index contributed by atoms with van der Waals surface area (Å²) in [5.41, 5.74) is 0.115. The lowest BCUT2D eigenvalue weighted by Crippen LogP contribution is -2.46. The summed E-state index contributed by atoms with van der Waals surface area (Å²) in [6, 6.07) is 11.7. The van der Waals surface area contributed by atoms with E-state index in [-0.39, 0.29) is 22.6 Å². The second kappa shape index (κ2) is 7.34. The molecule has 2 aromatic carbocycles. The highest BCUT2D eigenvalue weighted by molar-refractivity contribution is 6.22. The highest BCUT2D eigenvalue weighted by atomic mass is 19.4. The van der Waals surface area contributed by atoms with Crippen LogP contribution in [-0.2, 0) is 4.79 Å². The van der Waals surface area contributed by atoms with Crippen LogP contribution < -0.4 is 9.64 Å². The fraction of sp³-hybridized carbons (Fsp3) is 0.211. The molecule has 0 saturated heterocycles. The summed E-state index contributed by atoms with van der Waals surface area (Å²) in [6.07, 6.45) is -4.70. The lowest BCUT2D eigenvalue weighted by Gasteiger charge is -2.27. The number of hydrogen-bond acceptors (Lipinski definition) is 4. The molecule has 1 aliphatic heterocycles. The van der Waals surface area contributed by atoms with Gasteiger partial charge < -0.3 is 4.74 Å². The molecule has 2 aromatic rings. The molecule has 3 amide bonds. The van der Waals surface area contributed by atoms with Gasteiger partial charge in [0.15, 0.2) is 0 Å². The molecule has 6 nitrogen and oxygen atoms in total. The number of hydrogen-bond donors (Lipinski definition) is 0. The van der Waals surface area contributed by atoms with Gasteiger partial charge in [-0.25, -0.2) is 0 Å². The van der Waals surface area contributed by atoms with Crippen LogP contribution in [0, 0.1) is 0 Å². The molecule has 0 N–H and O–H groups in total. The molecular weight excluding hydrogens is 377 g/mol. The number of methoxy groups -OCH3 is 1. The van der Waals surface area contributed by atoms with E-state index in [2.05, 4.69) is 0 Å². The van der Waals surface area contributed by atoms with Gasteiger partial charge in [0.05, 0.1) is 23.9 Å². The van der Waals surface area contributed by atoms with Gasteiger partial charge in [0.2, 0.25) is 5.91 Å². The Hall–Kier alpha value is -3.36. The second-order valence-corrected chi connectivity index (χ2v) is 6.01. The van der Waals surface area contributed by atoms with Crippen molar-refractivity contribution in [3.63, 3.8) is 0 Å². The number of alkyl halides is 3. The molecule has 0 bridgehead atoms. The number of halogens is 3. The molecule has 0 fully saturated rings. The van der Waals surface area contributed by atoms with Crippen molar-refractivity contribution in [3.05, 3.63) is 59.7 Å². The average Bonchev–Trinajstić information content (AvgIpc) is 2.90. The zero-order valence-corrected chi connectivity index (χ0v) is 14.7. The molecule has 146 valence electrons. The van der Waals surface area contributed by atoms with Crippen LogP contribution in [-0.4, -0.2) is 49.0 Å². The Morgan fingerprint density at radius 2 is 1.54 bits per heavy atom. The van der Waals surface area contributed by atoms with Crippen molar-refractivity contribution >= 4 is 23.4 Å². The van der Waals surface area contributed by atoms with Crippen LogP contribution in [0.4, 0.5) is 18.9 Å². The van der Waals surface area contributed by atoms with Crippen molar-refractivity contribution in [2.45, 2.75) is 6.18 Å². The van der Waals surface area contributed by atoms with E-state index in [4.69, 9.17) is 4.74 Å². The van der Waals surface area contributed by atoms with Gasteiger partial charge in [0.1, 0.15) is 18.8 Å². The number of carbonyl (C=O) groups is 3. The number of benzene rings is 2. The van der Waals surface area contributed by atoms with Gasteiger partial charge in [-0.2, -0.15) is 13.2 Å². The van der Waals surface area contributed by atoms with Gasteiger partial charge in [-0.3, -0.25) is 24.2 Å². The Morgan fingerprint density at radius 1 is 1.00 bits per heavy atom. The van der Waals surface area contributed by atoms with Crippen LogP contribution in [0.3, 0.4) is 0 Å². The molecule has 0 unspecified atom stereocenters. The van der Waals surface area contributed by atoms with Gasteiger partial charge in [-0.1, -0.05) is 24.3 Å². The number of amides is 3. The summed E-state index contributed by atoms with van der Waals surface area (Å²) in [6.45, 7) is -2.41. The number of fused-ring (bicyclic) bond motifs is 1. The summed E-state index contributed by atoms with van der Waals surface area (Å²) >= 11 is 0. The Balaban J connectivity index is 1.91. The smallest absolute Gasteiger partial charge is 0.406 e. The second-order valence-electron chi connectivity index (χ2n) is 6.01. The van der Waals surface area contributed by atoms with E-state index in [1.807, 2.05) is 0 Å². The van der Waals surface area contributed by atoms with Crippen LogP contribution in [0.1, 0.15) is 20.7 Å². The summed E-state index contributed by atoms with van der Waals surface area (Å²) < 4.78 is 44.3. The van der Waals surface area contributed by atoms with E-state index in [0.717, 1.165) is 0 Å². The zero-order valence-electron chi connectivity index (χ0n) is 14.7. The van der Waals surface area contributed by atoms with Crippen molar-refractivity contribution in [3.8, 4) is 5.75 Å². The predicted molar refractivity (Wildman–Crippen MR) is 93.2 cm³/mol. The Bertz CT molecular complexity index is 908. The first-order chi connectivity index (χ1) is 13.2. The number of rotatable bonds is 5. The van der Waals surface area contributed by atoms with Gasteiger partial charge in [0, 0.05) is 0 Å². The van der Waals surface area contributed by atoms with E-state index in [1.165, 1.54) is 37.4 Å². The third kappa shape index (κ3) is 3.68. The molecule has 0 aliphatic carbocycles. The number of ether oxygens (including phenoxy) is 1. The van der Waals surface area contributed by atoms with Crippen molar-refractivity contribution in [1.29, 1.82) is 0 Å². The first-order valence-electron chi connectivity index (χ1n) is 8.18. The SMILES string of the molecule is COc1ccccc1N(CC(F)(F)F)C(=O)CN1C(=O)c2ccccc2C1=O. The third-order valence-corrected chi connectivity index (χ3v) is 4.19. The minimum atomic E-state index is -4.70. The zero-order chi connectivity index (χ0) is 20.5. The topological polar surface area (TPSA) is 66.9 Å². The average molecular weight is 392 g/mol. The normalized spacial score (nSPS) is 13.5. The van der Waals surface area contributed by atoms with Crippen LogP contribution >= 0.6 is 0 Å². The van der Waals surface area contributed by atoms with Crippen molar-refractivity contribution < 1.29 is 32.3 Å². The summed E-state index contributed by atoms with van der Waals surface area (Å²) in [5, 5.41) is 0. The molecule has 0 spiro atoms. The van der Waals surface area contributed by atoms with Crippen LogP contribution in [0.5, 0.6) is 5.75 Å². The summed E-state index contributed by atoms with van der Waals surface area (Å²) in [4.78, 5) is 38.6. The predicted octanol–water partition coefficient (Wildman–Crippen LogP) is 2.89. The highest BCUT2D eigenvalue weighted by Crippen LogP contribution is 2.31. The van der Waals surface area contributed by atoms with Gasteiger partial charge >= 0.3 is 6.18 Å². The molecule has 1 aliphatic rings. The maximum absolute atomic E-state index is 13.1. The van der Waals surface area contributed by atoms with Crippen molar-refractivity contribution in [2.24, 2.45) is 0 Å². The Labute approximate surface area is 158 Å². The Kier molecular flexibility index (Phi) is 5.08. The maximum Gasteiger partial charge on any atom is 0.406 e. The molecule has 0 radical (unpaired) electrons. The number of nitrogens with zero attached hydrogens (tertiary/aromatic N) is 2. The molecule has 0 atom stereocenters. The Morgan fingerprint density at radius 3 is 2.07 bits per heavy atom. The molecular formula is C19H15F3N2O4. The van der Waals surface area contributed by atoms with E-state index in [9.17, 15) is 27.6 Å². The van der Waals surface area contributed by atoms with Crippen LogP contribution in [0.25, 0.3) is 0 Å². The number of imide groups is 1. The fourth-order valence-corrected chi connectivity index (χ4v) is 2.94. The minimum absolute atomic E-state index is 0.0578. The fourth-order valence-electron chi connectivity index (χ4n) is 2.94. The number of para-hydroxylation sites is 2. The maximum atomic E-state index is 13.1.